The average molecular weight is 423 g/mol. The van der Waals surface area contributed by atoms with E-state index in [1.54, 1.807) is 31.2 Å². The van der Waals surface area contributed by atoms with Gasteiger partial charge < -0.3 is 9.84 Å². The number of carboxylic acid groups (broad SMARTS) is 1. The van der Waals surface area contributed by atoms with E-state index in [-0.39, 0.29) is 33.3 Å². The van der Waals surface area contributed by atoms with Crippen molar-refractivity contribution in [2.24, 2.45) is 0 Å². The Hall–Kier alpha value is -3.87. The number of fused-ring (bicyclic) bond motifs is 1. The van der Waals surface area contributed by atoms with Crippen molar-refractivity contribution in [1.82, 2.24) is 4.98 Å². The summed E-state index contributed by atoms with van der Waals surface area (Å²) in [4.78, 5) is 15.9. The van der Waals surface area contributed by atoms with Crippen LogP contribution in [0.5, 0.6) is 5.75 Å². The number of rotatable bonds is 5. The summed E-state index contributed by atoms with van der Waals surface area (Å²) in [5, 5.41) is 9.58. The zero-order valence-electron chi connectivity index (χ0n) is 16.3. The molecule has 31 heavy (non-hydrogen) atoms. The largest absolute Gasteiger partial charge is 0.493 e. The Morgan fingerprint density at radius 2 is 1.65 bits per heavy atom. The number of benzene rings is 3. The van der Waals surface area contributed by atoms with Crippen LogP contribution in [0, 0.1) is 17.5 Å². The smallest absolute Gasteiger partial charge is 0.336 e. The first kappa shape index (κ1) is 20.4. The van der Waals surface area contributed by atoms with E-state index in [0.29, 0.717) is 17.9 Å². The van der Waals surface area contributed by atoms with E-state index in [1.807, 2.05) is 0 Å². The van der Waals surface area contributed by atoms with Gasteiger partial charge in [0.2, 0.25) is 0 Å². The second kappa shape index (κ2) is 8.10. The predicted octanol–water partition coefficient (Wildman–Crippen LogP) is 6.08. The highest BCUT2D eigenvalue weighted by Crippen LogP contribution is 2.36. The Balaban J connectivity index is 1.89. The Bertz CT molecular complexity index is 1320. The molecule has 1 heterocycles. The summed E-state index contributed by atoms with van der Waals surface area (Å²) in [6, 6.07) is 13.3. The number of carbonyl (C=O) groups is 1. The Morgan fingerprint density at radius 3 is 2.39 bits per heavy atom. The quantitative estimate of drug-likeness (QED) is 0.422. The average Bonchev–Trinajstić information content (AvgIpc) is 2.75. The molecule has 156 valence electrons. The summed E-state index contributed by atoms with van der Waals surface area (Å²) in [5.41, 5.74) is 0.0143. The summed E-state index contributed by atoms with van der Waals surface area (Å²) >= 11 is 0. The number of pyridine rings is 1. The molecule has 4 aromatic rings. The molecule has 0 bridgehead atoms. The third kappa shape index (κ3) is 3.82. The summed E-state index contributed by atoms with van der Waals surface area (Å²) in [7, 11) is 0. The van der Waals surface area contributed by atoms with Crippen LogP contribution in [-0.4, -0.2) is 22.7 Å². The molecule has 0 saturated carbocycles. The maximum absolute atomic E-state index is 15.1. The van der Waals surface area contributed by atoms with Crippen molar-refractivity contribution in [3.05, 3.63) is 83.7 Å². The molecular weight excluding hydrogens is 407 g/mol. The monoisotopic (exact) mass is 423 g/mol. The lowest BCUT2D eigenvalue weighted by Gasteiger charge is -2.13. The highest BCUT2D eigenvalue weighted by atomic mass is 19.1. The van der Waals surface area contributed by atoms with Crippen LogP contribution < -0.4 is 4.74 Å². The number of aromatic nitrogens is 1. The lowest BCUT2D eigenvalue weighted by molar-refractivity contribution is 0.0699. The first-order valence-corrected chi connectivity index (χ1v) is 9.44. The number of hydrogen-bond acceptors (Lipinski definition) is 3. The van der Waals surface area contributed by atoms with Crippen LogP contribution >= 0.6 is 0 Å². The molecule has 3 aromatic carbocycles. The summed E-state index contributed by atoms with van der Waals surface area (Å²) in [6.45, 7) is 2.15. The zero-order chi connectivity index (χ0) is 22.1. The van der Waals surface area contributed by atoms with Crippen molar-refractivity contribution in [2.75, 3.05) is 6.61 Å². The Kier molecular flexibility index (Phi) is 5.33. The van der Waals surface area contributed by atoms with Crippen LogP contribution in [0.25, 0.3) is 33.3 Å². The molecule has 1 N–H and O–H groups in total. The molecule has 0 atom stereocenters. The van der Waals surface area contributed by atoms with Gasteiger partial charge in [0, 0.05) is 22.1 Å². The molecule has 4 rings (SSSR count). The standard InChI is InChI=1S/C24H16F3NO3/c1-2-31-23-6-4-3-5-14(23)15-10-20(27)18(11-19(15)26)22-12-17(24(29)30)16-9-13(25)7-8-21(16)28-22/h3-12H,2H2,1H3,(H,29,30). The molecule has 0 fully saturated rings. The second-order valence-corrected chi connectivity index (χ2v) is 6.76. The molecule has 0 radical (unpaired) electrons. The van der Waals surface area contributed by atoms with Gasteiger partial charge in [0.1, 0.15) is 23.2 Å². The van der Waals surface area contributed by atoms with E-state index in [1.165, 1.54) is 6.07 Å². The van der Waals surface area contributed by atoms with Gasteiger partial charge in [0.05, 0.1) is 23.4 Å². The third-order valence-corrected chi connectivity index (χ3v) is 4.81. The van der Waals surface area contributed by atoms with E-state index in [4.69, 9.17) is 4.74 Å². The third-order valence-electron chi connectivity index (χ3n) is 4.81. The number of ether oxygens (including phenoxy) is 1. The SMILES string of the molecule is CCOc1ccccc1-c1cc(F)c(-c2cc(C(=O)O)c3cc(F)ccc3n2)cc1F. The Labute approximate surface area is 175 Å². The topological polar surface area (TPSA) is 59.4 Å². The lowest BCUT2D eigenvalue weighted by Crippen LogP contribution is -2.02. The second-order valence-electron chi connectivity index (χ2n) is 6.76. The van der Waals surface area contributed by atoms with E-state index in [9.17, 15) is 14.3 Å². The van der Waals surface area contributed by atoms with E-state index < -0.39 is 23.4 Å². The number of nitrogens with zero attached hydrogens (tertiary/aromatic N) is 1. The molecule has 0 saturated heterocycles. The fourth-order valence-corrected chi connectivity index (χ4v) is 3.43. The van der Waals surface area contributed by atoms with Crippen molar-refractivity contribution in [1.29, 1.82) is 0 Å². The fraction of sp³-hybridized carbons (Fsp3) is 0.0833. The van der Waals surface area contributed by atoms with Gasteiger partial charge in [-0.15, -0.1) is 0 Å². The van der Waals surface area contributed by atoms with Crippen molar-refractivity contribution >= 4 is 16.9 Å². The van der Waals surface area contributed by atoms with Crippen molar-refractivity contribution in [3.8, 4) is 28.1 Å². The molecule has 0 aliphatic rings. The van der Waals surface area contributed by atoms with Crippen LogP contribution in [0.15, 0.2) is 60.7 Å². The minimum atomic E-state index is -1.33. The lowest BCUT2D eigenvalue weighted by atomic mass is 9.99. The highest BCUT2D eigenvalue weighted by molar-refractivity contribution is 6.03. The summed E-state index contributed by atoms with van der Waals surface area (Å²) in [6.07, 6.45) is 0. The van der Waals surface area contributed by atoms with Gasteiger partial charge in [-0.05, 0) is 49.4 Å². The van der Waals surface area contributed by atoms with E-state index in [0.717, 1.165) is 30.3 Å². The first-order chi connectivity index (χ1) is 14.9. The summed E-state index contributed by atoms with van der Waals surface area (Å²) in [5.74, 6) is -3.05. The van der Waals surface area contributed by atoms with Crippen molar-refractivity contribution in [3.63, 3.8) is 0 Å². The van der Waals surface area contributed by atoms with Crippen molar-refractivity contribution < 1.29 is 27.8 Å². The number of hydrogen-bond donors (Lipinski definition) is 1. The van der Waals surface area contributed by atoms with Gasteiger partial charge in [-0.25, -0.2) is 22.9 Å². The molecular formula is C24H16F3NO3. The van der Waals surface area contributed by atoms with Gasteiger partial charge in [-0.2, -0.15) is 0 Å². The van der Waals surface area contributed by atoms with Gasteiger partial charge >= 0.3 is 5.97 Å². The van der Waals surface area contributed by atoms with Gasteiger partial charge in [0.25, 0.3) is 0 Å². The number of carboxylic acids is 1. The molecule has 0 spiro atoms. The summed E-state index contributed by atoms with van der Waals surface area (Å²) < 4.78 is 49.2. The van der Waals surface area contributed by atoms with E-state index >= 15 is 8.78 Å². The molecule has 4 nitrogen and oxygen atoms in total. The molecule has 0 unspecified atom stereocenters. The molecule has 0 aliphatic heterocycles. The molecule has 0 aliphatic carbocycles. The van der Waals surface area contributed by atoms with Crippen LogP contribution in [0.4, 0.5) is 13.2 Å². The van der Waals surface area contributed by atoms with Crippen molar-refractivity contribution in [2.45, 2.75) is 6.92 Å². The predicted molar refractivity (Wildman–Crippen MR) is 111 cm³/mol. The maximum atomic E-state index is 15.1. The molecule has 1 aromatic heterocycles. The minimum absolute atomic E-state index is 0.00613. The van der Waals surface area contributed by atoms with Crippen LogP contribution in [-0.2, 0) is 0 Å². The van der Waals surface area contributed by atoms with Gasteiger partial charge in [-0.3, -0.25) is 0 Å². The number of aromatic carboxylic acids is 1. The van der Waals surface area contributed by atoms with Gasteiger partial charge in [0.15, 0.2) is 0 Å². The Morgan fingerprint density at radius 1 is 0.935 bits per heavy atom. The normalized spacial score (nSPS) is 11.0. The van der Waals surface area contributed by atoms with Gasteiger partial charge in [-0.1, -0.05) is 18.2 Å². The molecule has 7 heteroatoms. The maximum Gasteiger partial charge on any atom is 0.336 e. The number of halogens is 3. The van der Waals surface area contributed by atoms with Crippen LogP contribution in [0.1, 0.15) is 17.3 Å². The molecule has 0 amide bonds. The highest BCUT2D eigenvalue weighted by Gasteiger charge is 2.19. The van der Waals surface area contributed by atoms with Crippen LogP contribution in [0.2, 0.25) is 0 Å². The number of para-hydroxylation sites is 1. The minimum Gasteiger partial charge on any atom is -0.493 e. The first-order valence-electron chi connectivity index (χ1n) is 9.44. The zero-order valence-corrected chi connectivity index (χ0v) is 16.3. The van der Waals surface area contributed by atoms with Crippen LogP contribution in [0.3, 0.4) is 0 Å². The van der Waals surface area contributed by atoms with E-state index in [2.05, 4.69) is 4.98 Å². The fourth-order valence-electron chi connectivity index (χ4n) is 3.43.